The molecule has 1 heterocycles. The molecule has 0 amide bonds. The molecule has 4 heteroatoms. The highest BCUT2D eigenvalue weighted by Gasteiger charge is 2.35. The summed E-state index contributed by atoms with van der Waals surface area (Å²) in [5.41, 5.74) is 1.06. The van der Waals surface area contributed by atoms with Gasteiger partial charge in [0.1, 0.15) is 18.0 Å². The second kappa shape index (κ2) is 15.4. The van der Waals surface area contributed by atoms with E-state index in [9.17, 15) is 5.11 Å². The van der Waals surface area contributed by atoms with Crippen molar-refractivity contribution in [3.63, 3.8) is 0 Å². The Labute approximate surface area is 183 Å². The number of ether oxygens (including phenoxy) is 3. The smallest absolute Gasteiger partial charge is 0.118 e. The molecule has 170 valence electrons. The van der Waals surface area contributed by atoms with E-state index in [1.807, 2.05) is 24.3 Å². The van der Waals surface area contributed by atoms with Crippen LogP contribution >= 0.6 is 0 Å². The fourth-order valence-corrected chi connectivity index (χ4v) is 3.86. The zero-order chi connectivity index (χ0) is 21.4. The average molecular weight is 419 g/mol. The second-order valence-corrected chi connectivity index (χ2v) is 8.38. The zero-order valence-corrected chi connectivity index (χ0v) is 19.1. The lowest BCUT2D eigenvalue weighted by atomic mass is 10.1. The molecular weight excluding hydrogens is 376 g/mol. The Morgan fingerprint density at radius 1 is 0.967 bits per heavy atom. The predicted molar refractivity (Wildman–Crippen MR) is 123 cm³/mol. The number of hydrogen-bond donors (Lipinski definition) is 1. The van der Waals surface area contributed by atoms with Crippen molar-refractivity contribution in [3.05, 3.63) is 42.0 Å². The first-order chi connectivity index (χ1) is 14.7. The van der Waals surface area contributed by atoms with Crippen molar-refractivity contribution >= 4 is 0 Å². The van der Waals surface area contributed by atoms with E-state index in [4.69, 9.17) is 14.2 Å². The molecule has 0 spiro atoms. The Balaban J connectivity index is 1.51. The summed E-state index contributed by atoms with van der Waals surface area (Å²) in [7, 11) is 1.66. The standard InChI is InChI=1S/C26H42O4/c1-3-4-5-6-7-8-9-10-11-12-13-14-15-24-26(27)25(21-30-24)29-20-22-16-18-23(28-2)19-17-22/h13-14,16-19,24-27H,3-12,15,20-21H2,1-2H3/b14-13-/t24-,25-,26+/m0/s1. The SMILES string of the molecule is CCCCCCCCCCC/C=C\C[C@@H]1OC[C@H](OCc2ccc(OC)cc2)[C@@H]1O. The summed E-state index contributed by atoms with van der Waals surface area (Å²) in [6.45, 7) is 3.19. The van der Waals surface area contributed by atoms with Crippen molar-refractivity contribution in [2.24, 2.45) is 0 Å². The molecule has 0 aromatic heterocycles. The zero-order valence-electron chi connectivity index (χ0n) is 19.1. The largest absolute Gasteiger partial charge is 0.497 e. The first kappa shape index (κ1) is 24.9. The number of aliphatic hydroxyl groups excluding tert-OH is 1. The minimum absolute atomic E-state index is 0.162. The molecule has 0 aliphatic carbocycles. The van der Waals surface area contributed by atoms with Gasteiger partial charge < -0.3 is 19.3 Å². The van der Waals surface area contributed by atoms with E-state index >= 15 is 0 Å². The molecule has 1 N–H and O–H groups in total. The van der Waals surface area contributed by atoms with Crippen molar-refractivity contribution in [2.45, 2.75) is 102 Å². The van der Waals surface area contributed by atoms with Gasteiger partial charge in [-0.05, 0) is 37.0 Å². The topological polar surface area (TPSA) is 47.9 Å². The molecule has 1 aromatic carbocycles. The van der Waals surface area contributed by atoms with E-state index in [0.717, 1.165) is 24.2 Å². The molecule has 1 saturated heterocycles. The number of methoxy groups -OCH3 is 1. The third-order valence-electron chi connectivity index (χ3n) is 5.87. The van der Waals surface area contributed by atoms with Gasteiger partial charge in [0.2, 0.25) is 0 Å². The van der Waals surface area contributed by atoms with Gasteiger partial charge >= 0.3 is 0 Å². The van der Waals surface area contributed by atoms with E-state index < -0.39 is 6.10 Å². The summed E-state index contributed by atoms with van der Waals surface area (Å²) in [6.07, 6.45) is 17.5. The van der Waals surface area contributed by atoms with Crippen molar-refractivity contribution in [1.82, 2.24) is 0 Å². The highest BCUT2D eigenvalue weighted by molar-refractivity contribution is 5.26. The molecule has 0 radical (unpaired) electrons. The van der Waals surface area contributed by atoms with Gasteiger partial charge in [-0.1, -0.05) is 82.6 Å². The van der Waals surface area contributed by atoms with Crippen LogP contribution in [0.5, 0.6) is 5.75 Å². The Kier molecular flexibility index (Phi) is 12.8. The van der Waals surface area contributed by atoms with Gasteiger partial charge in [-0.15, -0.1) is 0 Å². The molecule has 30 heavy (non-hydrogen) atoms. The number of allylic oxidation sites excluding steroid dienone is 1. The molecule has 1 fully saturated rings. The summed E-state index contributed by atoms with van der Waals surface area (Å²) in [5.74, 6) is 0.831. The van der Waals surface area contributed by atoms with Crippen LogP contribution < -0.4 is 4.74 Å². The van der Waals surface area contributed by atoms with Crippen molar-refractivity contribution < 1.29 is 19.3 Å². The Morgan fingerprint density at radius 3 is 2.30 bits per heavy atom. The molecule has 0 bridgehead atoms. The van der Waals surface area contributed by atoms with E-state index in [1.165, 1.54) is 57.8 Å². The van der Waals surface area contributed by atoms with Crippen LogP contribution in [0.4, 0.5) is 0 Å². The molecule has 1 aliphatic heterocycles. The molecule has 4 nitrogen and oxygen atoms in total. The number of benzene rings is 1. The fraction of sp³-hybridized carbons (Fsp3) is 0.692. The maximum Gasteiger partial charge on any atom is 0.118 e. The van der Waals surface area contributed by atoms with Gasteiger partial charge in [0, 0.05) is 0 Å². The molecule has 0 unspecified atom stereocenters. The Hall–Kier alpha value is -1.36. The van der Waals surface area contributed by atoms with Gasteiger partial charge in [-0.25, -0.2) is 0 Å². The van der Waals surface area contributed by atoms with E-state index in [0.29, 0.717) is 13.2 Å². The number of unbranched alkanes of at least 4 members (excludes halogenated alkanes) is 9. The number of hydrogen-bond acceptors (Lipinski definition) is 4. The maximum absolute atomic E-state index is 10.5. The number of aliphatic hydroxyl groups is 1. The van der Waals surface area contributed by atoms with Gasteiger partial charge in [-0.2, -0.15) is 0 Å². The van der Waals surface area contributed by atoms with Gasteiger partial charge in [0.05, 0.1) is 26.4 Å². The first-order valence-electron chi connectivity index (χ1n) is 11.9. The molecule has 1 aromatic rings. The lowest BCUT2D eigenvalue weighted by molar-refractivity contribution is -0.0258. The fourth-order valence-electron chi connectivity index (χ4n) is 3.86. The quantitative estimate of drug-likeness (QED) is 0.256. The summed E-state index contributed by atoms with van der Waals surface area (Å²) >= 11 is 0. The van der Waals surface area contributed by atoms with E-state index in [2.05, 4.69) is 19.1 Å². The van der Waals surface area contributed by atoms with Gasteiger partial charge in [0.25, 0.3) is 0 Å². The van der Waals surface area contributed by atoms with Crippen LogP contribution in [0.2, 0.25) is 0 Å². The molecule has 3 atom stereocenters. The van der Waals surface area contributed by atoms with Crippen LogP contribution in [0.1, 0.15) is 83.1 Å². The monoisotopic (exact) mass is 418 g/mol. The second-order valence-electron chi connectivity index (χ2n) is 8.38. The van der Waals surface area contributed by atoms with Crippen LogP contribution in [0, 0.1) is 0 Å². The van der Waals surface area contributed by atoms with Crippen LogP contribution in [-0.4, -0.2) is 37.1 Å². The molecule has 2 rings (SSSR count). The summed E-state index contributed by atoms with van der Waals surface area (Å²) < 4.78 is 16.8. The van der Waals surface area contributed by atoms with Gasteiger partial charge in [-0.3, -0.25) is 0 Å². The van der Waals surface area contributed by atoms with Gasteiger partial charge in [0.15, 0.2) is 0 Å². The van der Waals surface area contributed by atoms with Crippen molar-refractivity contribution in [1.29, 1.82) is 0 Å². The van der Waals surface area contributed by atoms with E-state index in [1.54, 1.807) is 7.11 Å². The molecule has 0 saturated carbocycles. The maximum atomic E-state index is 10.5. The minimum Gasteiger partial charge on any atom is -0.497 e. The normalized spacial score (nSPS) is 21.5. The Bertz CT molecular complexity index is 569. The highest BCUT2D eigenvalue weighted by Crippen LogP contribution is 2.22. The number of rotatable bonds is 16. The summed E-state index contributed by atoms with van der Waals surface area (Å²) in [5, 5.41) is 10.5. The molecular formula is C26H42O4. The minimum atomic E-state index is -0.569. The molecule has 1 aliphatic rings. The lowest BCUT2D eigenvalue weighted by Gasteiger charge is -2.17. The summed E-state index contributed by atoms with van der Waals surface area (Å²) in [6, 6.07) is 7.80. The average Bonchev–Trinajstić information content (AvgIpc) is 3.12. The predicted octanol–water partition coefficient (Wildman–Crippen LogP) is 6.21. The highest BCUT2D eigenvalue weighted by atomic mass is 16.6. The van der Waals surface area contributed by atoms with Crippen LogP contribution in [0.3, 0.4) is 0 Å². The van der Waals surface area contributed by atoms with Crippen molar-refractivity contribution in [2.75, 3.05) is 13.7 Å². The van der Waals surface area contributed by atoms with Crippen molar-refractivity contribution in [3.8, 4) is 5.75 Å². The van der Waals surface area contributed by atoms with E-state index in [-0.39, 0.29) is 12.2 Å². The van der Waals surface area contributed by atoms with Crippen LogP contribution in [-0.2, 0) is 16.1 Å². The summed E-state index contributed by atoms with van der Waals surface area (Å²) in [4.78, 5) is 0. The van der Waals surface area contributed by atoms with Crippen LogP contribution in [0.25, 0.3) is 0 Å². The third kappa shape index (κ3) is 9.63. The van der Waals surface area contributed by atoms with Crippen LogP contribution in [0.15, 0.2) is 36.4 Å². The third-order valence-corrected chi connectivity index (χ3v) is 5.87. The lowest BCUT2D eigenvalue weighted by Crippen LogP contribution is -2.31. The Morgan fingerprint density at radius 2 is 1.63 bits per heavy atom. The first-order valence-corrected chi connectivity index (χ1v) is 11.9.